The Morgan fingerprint density at radius 1 is 0.833 bits per heavy atom. The fourth-order valence-corrected chi connectivity index (χ4v) is 6.52. The molecule has 12 heavy (non-hydrogen) atoms. The van der Waals surface area contributed by atoms with Crippen molar-refractivity contribution in [3.8, 4) is 0 Å². The summed E-state index contributed by atoms with van der Waals surface area (Å²) in [5.41, 5.74) is 3.38. The molecule has 0 radical (unpaired) electrons. The van der Waals surface area contributed by atoms with Crippen LogP contribution in [0.4, 0.5) is 0 Å². The van der Waals surface area contributed by atoms with Gasteiger partial charge < -0.3 is 0 Å². The van der Waals surface area contributed by atoms with Crippen molar-refractivity contribution >= 4 is 38.8 Å². The van der Waals surface area contributed by atoms with Gasteiger partial charge in [-0.3, -0.25) is 0 Å². The van der Waals surface area contributed by atoms with Crippen LogP contribution in [-0.4, -0.2) is 29.9 Å². The van der Waals surface area contributed by atoms with Gasteiger partial charge in [-0.1, -0.05) is 0 Å². The van der Waals surface area contributed by atoms with Gasteiger partial charge in [0.05, 0.1) is 0 Å². The number of benzene rings is 1. The summed E-state index contributed by atoms with van der Waals surface area (Å²) in [5, 5.41) is 2.91. The van der Waals surface area contributed by atoms with Gasteiger partial charge in [0.1, 0.15) is 0 Å². The summed E-state index contributed by atoms with van der Waals surface area (Å²) in [5.74, 6) is 0. The Hall–Kier alpha value is 0.259. The second kappa shape index (κ2) is 2.89. The van der Waals surface area contributed by atoms with Gasteiger partial charge in [0.15, 0.2) is 0 Å². The Kier molecular flexibility index (Phi) is 1.84. The monoisotopic (exact) mass is 290 g/mol. The summed E-state index contributed by atoms with van der Waals surface area (Å²) in [6.45, 7) is 0. The molecule has 62 valence electrons. The molecule has 0 spiro atoms. The summed E-state index contributed by atoms with van der Waals surface area (Å²) in [7, 11) is 0. The van der Waals surface area contributed by atoms with E-state index in [1.807, 2.05) is 0 Å². The van der Waals surface area contributed by atoms with Crippen LogP contribution in [0.2, 0.25) is 10.6 Å². The molecule has 2 aliphatic heterocycles. The minimum absolute atomic E-state index is 0.819. The molecule has 0 amide bonds. The molecule has 0 saturated heterocycles. The van der Waals surface area contributed by atoms with Crippen LogP contribution >= 0.6 is 0 Å². The van der Waals surface area contributed by atoms with Crippen molar-refractivity contribution in [2.75, 3.05) is 0 Å². The second-order valence-electron chi connectivity index (χ2n) is 3.26. The third-order valence-corrected chi connectivity index (χ3v) is 7.11. The molecule has 0 aliphatic carbocycles. The van der Waals surface area contributed by atoms with Crippen LogP contribution in [0.15, 0.2) is 12.1 Å². The summed E-state index contributed by atoms with van der Waals surface area (Å²) in [6, 6.07) is 5.04. The van der Waals surface area contributed by atoms with Gasteiger partial charge in [-0.05, 0) is 0 Å². The minimum atomic E-state index is 0.819. The van der Waals surface area contributed by atoms with E-state index in [4.69, 9.17) is 0 Å². The quantitative estimate of drug-likeness (QED) is 0.602. The fourth-order valence-electron chi connectivity index (χ4n) is 1.85. The number of aryl methyl sites for hydroxylation is 2. The average Bonchev–Trinajstić information content (AvgIpc) is 2.64. The van der Waals surface area contributed by atoms with Crippen molar-refractivity contribution in [2.24, 2.45) is 0 Å². The van der Waals surface area contributed by atoms with Crippen molar-refractivity contribution in [3.05, 3.63) is 23.3 Å². The summed E-state index contributed by atoms with van der Waals surface area (Å²) in [4.78, 5) is 0. The molecule has 0 unspecified atom stereocenters. The van der Waals surface area contributed by atoms with Gasteiger partial charge in [0, 0.05) is 0 Å². The first-order valence-corrected chi connectivity index (χ1v) is 8.48. The molecule has 0 nitrogen and oxygen atoms in total. The van der Waals surface area contributed by atoms with Gasteiger partial charge in [0.2, 0.25) is 0 Å². The van der Waals surface area contributed by atoms with E-state index in [0.717, 1.165) is 29.9 Å². The van der Waals surface area contributed by atoms with Crippen molar-refractivity contribution in [3.63, 3.8) is 0 Å². The molecule has 0 fully saturated rings. The normalized spacial score (nSPS) is 19.3. The van der Waals surface area contributed by atoms with E-state index in [2.05, 4.69) is 12.1 Å². The van der Waals surface area contributed by atoms with Gasteiger partial charge in [0.25, 0.3) is 0 Å². The summed E-state index contributed by atoms with van der Waals surface area (Å²) < 4.78 is 3.44. The Labute approximate surface area is 85.4 Å². The molecule has 0 atom stereocenters. The first-order valence-electron chi connectivity index (χ1n) is 4.35. The van der Waals surface area contributed by atoms with E-state index in [1.165, 1.54) is 23.5 Å². The summed E-state index contributed by atoms with van der Waals surface area (Å²) >= 11 is 1.64. The molecule has 2 heterocycles. The van der Waals surface area contributed by atoms with Crippen LogP contribution in [0.5, 0.6) is 0 Å². The Bertz CT molecular complexity index is 271. The maximum absolute atomic E-state index is 2.52. The topological polar surface area (TPSA) is 0 Å². The van der Waals surface area contributed by atoms with E-state index in [9.17, 15) is 0 Å². The standard InChI is InChI=1S/C10H10Se2/c1-3-11-9-6-8-2-4-12-10(8)5-7(1)9/h5-6H,1-4H2. The SMILES string of the molecule is c1c2c(cc3c1[Se]CC3)[Se]CC2. The van der Waals surface area contributed by atoms with Gasteiger partial charge in [-0.2, -0.15) is 0 Å². The number of hydrogen-bond donors (Lipinski definition) is 0. The van der Waals surface area contributed by atoms with Crippen LogP contribution in [0.3, 0.4) is 0 Å². The predicted molar refractivity (Wildman–Crippen MR) is 54.2 cm³/mol. The summed E-state index contributed by atoms with van der Waals surface area (Å²) in [6.07, 6.45) is 2.75. The van der Waals surface area contributed by atoms with Gasteiger partial charge in [-0.25, -0.2) is 0 Å². The third-order valence-electron chi connectivity index (χ3n) is 2.50. The molecule has 2 heteroatoms. The van der Waals surface area contributed by atoms with Crippen LogP contribution in [0.25, 0.3) is 0 Å². The van der Waals surface area contributed by atoms with Crippen molar-refractivity contribution in [1.82, 2.24) is 0 Å². The van der Waals surface area contributed by atoms with E-state index in [0.29, 0.717) is 0 Å². The molecule has 0 bridgehead atoms. The molecule has 1 aromatic carbocycles. The predicted octanol–water partition coefficient (Wildman–Crippen LogP) is 0.294. The van der Waals surface area contributed by atoms with Crippen LogP contribution in [-0.2, 0) is 12.8 Å². The number of hydrogen-bond acceptors (Lipinski definition) is 0. The molecule has 0 saturated carbocycles. The Morgan fingerprint density at radius 2 is 1.33 bits per heavy atom. The molecule has 3 rings (SSSR count). The number of rotatable bonds is 0. The van der Waals surface area contributed by atoms with Crippen LogP contribution < -0.4 is 8.92 Å². The third kappa shape index (κ3) is 1.10. The average molecular weight is 288 g/mol. The first kappa shape index (κ1) is 7.64. The Morgan fingerprint density at radius 3 is 1.83 bits per heavy atom. The van der Waals surface area contributed by atoms with Crippen LogP contribution in [0.1, 0.15) is 11.1 Å². The first-order chi connectivity index (χ1) is 5.93. The number of fused-ring (bicyclic) bond motifs is 2. The molecule has 1 aromatic rings. The molecule has 2 aliphatic rings. The molecule has 0 N–H and O–H groups in total. The zero-order valence-corrected chi connectivity index (χ0v) is 10.2. The zero-order chi connectivity index (χ0) is 7.97. The second-order valence-corrected chi connectivity index (χ2v) is 8.03. The van der Waals surface area contributed by atoms with Crippen molar-refractivity contribution in [2.45, 2.75) is 23.5 Å². The van der Waals surface area contributed by atoms with Crippen LogP contribution in [0, 0.1) is 0 Å². The zero-order valence-electron chi connectivity index (χ0n) is 6.80. The maximum atomic E-state index is 2.52. The van der Waals surface area contributed by atoms with Crippen molar-refractivity contribution < 1.29 is 0 Å². The molecule has 0 aromatic heterocycles. The van der Waals surface area contributed by atoms with E-state index >= 15 is 0 Å². The van der Waals surface area contributed by atoms with E-state index in [-0.39, 0.29) is 0 Å². The van der Waals surface area contributed by atoms with E-state index < -0.39 is 0 Å². The molecular weight excluding hydrogens is 278 g/mol. The fraction of sp³-hybridized carbons (Fsp3) is 0.400. The Balaban J connectivity index is 2.18. The van der Waals surface area contributed by atoms with E-state index in [1.54, 1.807) is 20.1 Å². The van der Waals surface area contributed by atoms with Gasteiger partial charge in [-0.15, -0.1) is 0 Å². The van der Waals surface area contributed by atoms with Gasteiger partial charge >= 0.3 is 85.6 Å². The van der Waals surface area contributed by atoms with Crippen molar-refractivity contribution in [1.29, 1.82) is 0 Å². The molecular formula is C10H10Se2.